The molecule has 2 aromatic rings. The summed E-state index contributed by atoms with van der Waals surface area (Å²) in [4.78, 5) is 5.51. The number of aryl methyl sites for hydroxylation is 1. The molecule has 0 saturated carbocycles. The summed E-state index contributed by atoms with van der Waals surface area (Å²) < 4.78 is 26.5. The van der Waals surface area contributed by atoms with Crippen molar-refractivity contribution in [3.8, 4) is 10.6 Å². The maximum absolute atomic E-state index is 13.2. The Morgan fingerprint density at radius 2 is 1.85 bits per heavy atom. The Bertz CT molecular complexity index is 573. The van der Waals surface area contributed by atoms with Gasteiger partial charge in [0.25, 0.3) is 0 Å². The molecule has 20 heavy (non-hydrogen) atoms. The van der Waals surface area contributed by atoms with Gasteiger partial charge in [-0.2, -0.15) is 0 Å². The van der Waals surface area contributed by atoms with E-state index in [1.807, 2.05) is 6.92 Å². The average molecular weight is 296 g/mol. The van der Waals surface area contributed by atoms with Crippen LogP contribution in [-0.2, 0) is 6.54 Å². The molecule has 108 valence electrons. The number of hydrogen-bond acceptors (Lipinski definition) is 3. The van der Waals surface area contributed by atoms with E-state index in [1.54, 1.807) is 0 Å². The largest absolute Gasteiger partial charge is 0.312 e. The van der Waals surface area contributed by atoms with Crippen molar-refractivity contribution in [3.63, 3.8) is 0 Å². The third kappa shape index (κ3) is 3.84. The predicted molar refractivity (Wildman–Crippen MR) is 78.7 cm³/mol. The molecule has 0 amide bonds. The number of nitrogens with one attached hydrogen (secondary N) is 1. The molecule has 0 radical (unpaired) electrons. The van der Waals surface area contributed by atoms with Gasteiger partial charge in [0.1, 0.15) is 16.6 Å². The maximum Gasteiger partial charge on any atom is 0.126 e. The molecule has 0 atom stereocenters. The van der Waals surface area contributed by atoms with Crippen molar-refractivity contribution in [3.05, 3.63) is 40.4 Å². The molecule has 0 saturated heterocycles. The van der Waals surface area contributed by atoms with Crippen molar-refractivity contribution < 1.29 is 8.78 Å². The van der Waals surface area contributed by atoms with Crippen molar-refractivity contribution in [1.82, 2.24) is 10.3 Å². The minimum atomic E-state index is -0.577. The molecule has 0 spiro atoms. The minimum Gasteiger partial charge on any atom is -0.312 e. The Morgan fingerprint density at radius 1 is 1.20 bits per heavy atom. The number of benzene rings is 1. The summed E-state index contributed by atoms with van der Waals surface area (Å²) >= 11 is 1.47. The fourth-order valence-corrected chi connectivity index (χ4v) is 2.89. The van der Waals surface area contributed by atoms with Gasteiger partial charge in [0, 0.05) is 23.1 Å². The molecular weight excluding hydrogens is 278 g/mol. The van der Waals surface area contributed by atoms with Gasteiger partial charge in [0.2, 0.25) is 0 Å². The third-order valence-electron chi connectivity index (χ3n) is 2.84. The van der Waals surface area contributed by atoms with Gasteiger partial charge in [-0.1, -0.05) is 13.8 Å². The molecule has 5 heteroatoms. The highest BCUT2D eigenvalue weighted by molar-refractivity contribution is 7.15. The molecule has 0 aliphatic rings. The quantitative estimate of drug-likeness (QED) is 0.897. The van der Waals surface area contributed by atoms with E-state index in [0.29, 0.717) is 16.5 Å². The summed E-state index contributed by atoms with van der Waals surface area (Å²) in [6, 6.07) is 3.49. The van der Waals surface area contributed by atoms with Crippen molar-refractivity contribution in [2.75, 3.05) is 6.54 Å². The lowest BCUT2D eigenvalue weighted by Gasteiger charge is -2.05. The zero-order chi connectivity index (χ0) is 14.7. The molecule has 0 aliphatic carbocycles. The number of halogens is 2. The highest BCUT2D eigenvalue weighted by atomic mass is 32.1. The van der Waals surface area contributed by atoms with Crippen LogP contribution in [-0.4, -0.2) is 11.5 Å². The Labute approximate surface area is 121 Å². The van der Waals surface area contributed by atoms with Crippen molar-refractivity contribution in [2.24, 2.45) is 5.92 Å². The van der Waals surface area contributed by atoms with Gasteiger partial charge < -0.3 is 5.32 Å². The predicted octanol–water partition coefficient (Wildman–Crippen LogP) is 4.14. The molecule has 0 fully saturated rings. The lowest BCUT2D eigenvalue weighted by molar-refractivity contribution is 0.554. The van der Waals surface area contributed by atoms with Crippen LogP contribution in [0.25, 0.3) is 10.6 Å². The van der Waals surface area contributed by atoms with Crippen LogP contribution < -0.4 is 5.32 Å². The SMILES string of the molecule is Cc1nc(-c2cc(F)cc(F)c2)sc1CNCC(C)C. The summed E-state index contributed by atoms with van der Waals surface area (Å²) in [5, 5.41) is 4.01. The first kappa shape index (κ1) is 15.1. The standard InChI is InChI=1S/C15H18F2N2S/c1-9(2)7-18-8-14-10(3)19-15(20-14)11-4-12(16)6-13(17)5-11/h4-6,9,18H,7-8H2,1-3H3. The van der Waals surface area contributed by atoms with E-state index in [4.69, 9.17) is 0 Å². The van der Waals surface area contributed by atoms with Gasteiger partial charge in [-0.05, 0) is 31.5 Å². The first-order valence-electron chi connectivity index (χ1n) is 6.59. The molecule has 2 rings (SSSR count). The second kappa shape index (κ2) is 6.41. The third-order valence-corrected chi connectivity index (χ3v) is 4.05. The van der Waals surface area contributed by atoms with Crippen molar-refractivity contribution in [1.29, 1.82) is 0 Å². The Hall–Kier alpha value is -1.33. The van der Waals surface area contributed by atoms with Crippen LogP contribution in [0.4, 0.5) is 8.78 Å². The zero-order valence-corrected chi connectivity index (χ0v) is 12.7. The lowest BCUT2D eigenvalue weighted by atomic mass is 10.2. The molecule has 1 aromatic heterocycles. The highest BCUT2D eigenvalue weighted by Gasteiger charge is 2.11. The average Bonchev–Trinajstić information content (AvgIpc) is 2.69. The Balaban J connectivity index is 2.17. The van der Waals surface area contributed by atoms with Crippen LogP contribution in [0.15, 0.2) is 18.2 Å². The number of hydrogen-bond donors (Lipinski definition) is 1. The van der Waals surface area contributed by atoms with Crippen LogP contribution in [0, 0.1) is 24.5 Å². The van der Waals surface area contributed by atoms with Gasteiger partial charge in [-0.25, -0.2) is 13.8 Å². The number of rotatable bonds is 5. The van der Waals surface area contributed by atoms with E-state index >= 15 is 0 Å². The summed E-state index contributed by atoms with van der Waals surface area (Å²) in [6.07, 6.45) is 0. The normalized spacial score (nSPS) is 11.3. The Kier molecular flexibility index (Phi) is 4.83. The second-order valence-electron chi connectivity index (χ2n) is 5.21. The highest BCUT2D eigenvalue weighted by Crippen LogP contribution is 2.29. The van der Waals surface area contributed by atoms with Gasteiger partial charge in [-0.15, -0.1) is 11.3 Å². The molecule has 2 nitrogen and oxygen atoms in total. The zero-order valence-electron chi connectivity index (χ0n) is 11.8. The molecule has 1 aromatic carbocycles. The second-order valence-corrected chi connectivity index (χ2v) is 6.29. The van der Waals surface area contributed by atoms with E-state index < -0.39 is 11.6 Å². The Morgan fingerprint density at radius 3 is 2.45 bits per heavy atom. The first-order chi connectivity index (χ1) is 9.45. The van der Waals surface area contributed by atoms with Crippen LogP contribution >= 0.6 is 11.3 Å². The summed E-state index contributed by atoms with van der Waals surface area (Å²) in [7, 11) is 0. The molecule has 0 unspecified atom stereocenters. The monoisotopic (exact) mass is 296 g/mol. The van der Waals surface area contributed by atoms with Gasteiger partial charge in [0.05, 0.1) is 5.69 Å². The van der Waals surface area contributed by atoms with Crippen LogP contribution in [0.5, 0.6) is 0 Å². The number of aromatic nitrogens is 1. The van der Waals surface area contributed by atoms with E-state index in [-0.39, 0.29) is 0 Å². The summed E-state index contributed by atoms with van der Waals surface area (Å²) in [5.41, 5.74) is 1.40. The molecule has 0 bridgehead atoms. The first-order valence-corrected chi connectivity index (χ1v) is 7.41. The smallest absolute Gasteiger partial charge is 0.126 e. The summed E-state index contributed by atoms with van der Waals surface area (Å²) in [5.74, 6) is -0.570. The topological polar surface area (TPSA) is 24.9 Å². The molecular formula is C15H18F2N2S. The van der Waals surface area contributed by atoms with E-state index in [9.17, 15) is 8.78 Å². The van der Waals surface area contributed by atoms with Crippen molar-refractivity contribution >= 4 is 11.3 Å². The van der Waals surface area contributed by atoms with E-state index in [0.717, 1.165) is 29.7 Å². The van der Waals surface area contributed by atoms with Crippen LogP contribution in [0.2, 0.25) is 0 Å². The van der Waals surface area contributed by atoms with Gasteiger partial charge in [-0.3, -0.25) is 0 Å². The van der Waals surface area contributed by atoms with Crippen molar-refractivity contribution in [2.45, 2.75) is 27.3 Å². The molecule has 0 aliphatic heterocycles. The summed E-state index contributed by atoms with van der Waals surface area (Å²) in [6.45, 7) is 7.88. The maximum atomic E-state index is 13.2. The fourth-order valence-electron chi connectivity index (χ4n) is 1.87. The van der Waals surface area contributed by atoms with E-state index in [2.05, 4.69) is 24.1 Å². The van der Waals surface area contributed by atoms with E-state index in [1.165, 1.54) is 23.5 Å². The molecule has 1 heterocycles. The minimum absolute atomic E-state index is 0.491. The van der Waals surface area contributed by atoms with Crippen LogP contribution in [0.1, 0.15) is 24.4 Å². The molecule has 1 N–H and O–H groups in total. The lowest BCUT2D eigenvalue weighted by Crippen LogP contribution is -2.18. The van der Waals surface area contributed by atoms with Gasteiger partial charge in [0.15, 0.2) is 0 Å². The number of thiazole rings is 1. The number of nitrogens with zero attached hydrogens (tertiary/aromatic N) is 1. The fraction of sp³-hybridized carbons (Fsp3) is 0.400. The van der Waals surface area contributed by atoms with Crippen LogP contribution in [0.3, 0.4) is 0 Å². The van der Waals surface area contributed by atoms with Gasteiger partial charge >= 0.3 is 0 Å².